The minimum Gasteiger partial charge on any atom is -0.489 e. The normalized spacial score (nSPS) is 11.8. The van der Waals surface area contributed by atoms with Gasteiger partial charge >= 0.3 is 0 Å². The fourth-order valence-electron chi connectivity index (χ4n) is 2.68. The Balaban J connectivity index is 1.52. The average molecular weight is 384 g/mol. The van der Waals surface area contributed by atoms with Gasteiger partial charge in [0.15, 0.2) is 0 Å². The number of nitrogens with zero attached hydrogens (tertiary/aromatic N) is 2. The summed E-state index contributed by atoms with van der Waals surface area (Å²) in [5, 5.41) is 7.82. The number of halogens is 1. The maximum atomic E-state index is 12.4. The lowest BCUT2D eigenvalue weighted by atomic mass is 10.1. The summed E-state index contributed by atoms with van der Waals surface area (Å²) in [6.07, 6.45) is 3.67. The van der Waals surface area contributed by atoms with Gasteiger partial charge in [-0.2, -0.15) is 5.10 Å². The highest BCUT2D eigenvalue weighted by atomic mass is 35.5. The molecule has 3 rings (SSSR count). The summed E-state index contributed by atoms with van der Waals surface area (Å²) in [4.78, 5) is 12.4. The van der Waals surface area contributed by atoms with Crippen molar-refractivity contribution in [2.24, 2.45) is 5.92 Å². The molecule has 0 spiro atoms. The number of rotatable bonds is 8. The van der Waals surface area contributed by atoms with Gasteiger partial charge in [-0.1, -0.05) is 36.7 Å². The number of aromatic nitrogens is 2. The highest BCUT2D eigenvalue weighted by Crippen LogP contribution is 2.17. The third-order valence-corrected chi connectivity index (χ3v) is 4.29. The molecule has 5 nitrogen and oxygen atoms in total. The van der Waals surface area contributed by atoms with Gasteiger partial charge in [0.1, 0.15) is 12.4 Å². The van der Waals surface area contributed by atoms with E-state index in [1.54, 1.807) is 18.3 Å². The van der Waals surface area contributed by atoms with Crippen molar-refractivity contribution in [3.8, 4) is 5.75 Å². The highest BCUT2D eigenvalue weighted by Gasteiger charge is 2.10. The van der Waals surface area contributed by atoms with Crippen molar-refractivity contribution in [2.75, 3.05) is 6.54 Å². The van der Waals surface area contributed by atoms with Crippen LogP contribution in [-0.2, 0) is 13.2 Å². The number of carbonyl (C=O) groups excluding carboxylic acids is 1. The van der Waals surface area contributed by atoms with E-state index in [1.165, 1.54) is 0 Å². The lowest BCUT2D eigenvalue weighted by Gasteiger charge is -2.13. The third kappa shape index (κ3) is 5.86. The molecule has 1 N–H and O–H groups in total. The van der Waals surface area contributed by atoms with Crippen molar-refractivity contribution in [1.29, 1.82) is 0 Å². The maximum absolute atomic E-state index is 12.4. The Morgan fingerprint density at radius 2 is 2.07 bits per heavy atom. The van der Waals surface area contributed by atoms with Crippen LogP contribution in [0.1, 0.15) is 22.8 Å². The fourth-order valence-corrected chi connectivity index (χ4v) is 2.89. The van der Waals surface area contributed by atoms with Crippen LogP contribution in [0.15, 0.2) is 67.0 Å². The van der Waals surface area contributed by atoms with E-state index in [4.69, 9.17) is 16.3 Å². The molecule has 0 bridgehead atoms. The molecule has 1 atom stereocenters. The molecule has 0 radical (unpaired) electrons. The summed E-state index contributed by atoms with van der Waals surface area (Å²) < 4.78 is 7.65. The van der Waals surface area contributed by atoms with Crippen molar-refractivity contribution in [3.63, 3.8) is 0 Å². The van der Waals surface area contributed by atoms with E-state index in [2.05, 4.69) is 17.3 Å². The summed E-state index contributed by atoms with van der Waals surface area (Å²) in [7, 11) is 0. The zero-order valence-electron chi connectivity index (χ0n) is 15.1. The number of hydrogen-bond donors (Lipinski definition) is 1. The SMILES string of the molecule is CC(CNC(=O)c1cccc(OCc2cccc(Cl)c2)c1)Cn1cccn1. The second kappa shape index (κ2) is 9.24. The first-order valence-electron chi connectivity index (χ1n) is 8.83. The zero-order chi connectivity index (χ0) is 19.1. The predicted octanol–water partition coefficient (Wildman–Crippen LogP) is 4.18. The number of hydrogen-bond acceptors (Lipinski definition) is 3. The van der Waals surface area contributed by atoms with Gasteiger partial charge in [-0.15, -0.1) is 0 Å². The summed E-state index contributed by atoms with van der Waals surface area (Å²) in [5.74, 6) is 0.804. The van der Waals surface area contributed by atoms with Crippen LogP contribution in [0.4, 0.5) is 0 Å². The van der Waals surface area contributed by atoms with Crippen LogP contribution in [0.25, 0.3) is 0 Å². The first-order valence-corrected chi connectivity index (χ1v) is 9.21. The van der Waals surface area contributed by atoms with Crippen LogP contribution in [0.3, 0.4) is 0 Å². The fraction of sp³-hybridized carbons (Fsp3) is 0.238. The van der Waals surface area contributed by atoms with Gasteiger partial charge in [-0.3, -0.25) is 9.48 Å². The largest absolute Gasteiger partial charge is 0.489 e. The molecule has 6 heteroatoms. The second-order valence-corrected chi connectivity index (χ2v) is 6.93. The van der Waals surface area contributed by atoms with Crippen molar-refractivity contribution >= 4 is 17.5 Å². The van der Waals surface area contributed by atoms with Gasteiger partial charge < -0.3 is 10.1 Å². The number of amides is 1. The Kier molecular flexibility index (Phi) is 6.49. The lowest BCUT2D eigenvalue weighted by molar-refractivity contribution is 0.0946. The van der Waals surface area contributed by atoms with E-state index in [-0.39, 0.29) is 11.8 Å². The van der Waals surface area contributed by atoms with Crippen LogP contribution in [0.2, 0.25) is 5.02 Å². The van der Waals surface area contributed by atoms with E-state index in [1.807, 2.05) is 53.3 Å². The molecule has 27 heavy (non-hydrogen) atoms. The topological polar surface area (TPSA) is 56.1 Å². The predicted molar refractivity (Wildman–Crippen MR) is 106 cm³/mol. The quantitative estimate of drug-likeness (QED) is 0.634. The van der Waals surface area contributed by atoms with Gasteiger partial charge in [0, 0.05) is 36.1 Å². The van der Waals surface area contributed by atoms with Gasteiger partial charge in [0.2, 0.25) is 0 Å². The molecule has 140 valence electrons. The van der Waals surface area contributed by atoms with E-state index in [0.717, 1.165) is 12.1 Å². The third-order valence-electron chi connectivity index (χ3n) is 4.06. The molecule has 1 amide bonds. The minimum atomic E-state index is -0.115. The molecule has 1 aromatic heterocycles. The zero-order valence-corrected chi connectivity index (χ0v) is 15.9. The average Bonchev–Trinajstić information content (AvgIpc) is 3.18. The molecule has 0 aliphatic carbocycles. The van der Waals surface area contributed by atoms with Gasteiger partial charge in [0.25, 0.3) is 5.91 Å². The monoisotopic (exact) mass is 383 g/mol. The van der Waals surface area contributed by atoms with E-state index >= 15 is 0 Å². The van der Waals surface area contributed by atoms with Crippen LogP contribution < -0.4 is 10.1 Å². The highest BCUT2D eigenvalue weighted by molar-refractivity contribution is 6.30. The Bertz CT molecular complexity index is 881. The summed E-state index contributed by atoms with van der Waals surface area (Å²) in [6, 6.07) is 16.6. The Morgan fingerprint density at radius 1 is 1.22 bits per heavy atom. The van der Waals surface area contributed by atoms with Crippen LogP contribution in [0, 0.1) is 5.92 Å². The molecule has 0 aliphatic heterocycles. The van der Waals surface area contributed by atoms with Crippen molar-refractivity contribution in [3.05, 3.63) is 83.1 Å². The Hall–Kier alpha value is -2.79. The number of nitrogens with one attached hydrogen (secondary N) is 1. The summed E-state index contributed by atoms with van der Waals surface area (Å²) in [5.41, 5.74) is 1.55. The minimum absolute atomic E-state index is 0.115. The van der Waals surface area contributed by atoms with Crippen LogP contribution in [-0.4, -0.2) is 22.2 Å². The lowest BCUT2D eigenvalue weighted by Crippen LogP contribution is -2.30. The van der Waals surface area contributed by atoms with Gasteiger partial charge in [-0.05, 0) is 47.9 Å². The van der Waals surface area contributed by atoms with E-state index < -0.39 is 0 Å². The molecule has 1 heterocycles. The summed E-state index contributed by atoms with van der Waals surface area (Å²) in [6.45, 7) is 3.81. The molecule has 1 unspecified atom stereocenters. The molecular formula is C21H22ClN3O2. The smallest absolute Gasteiger partial charge is 0.251 e. The first kappa shape index (κ1) is 19.0. The van der Waals surface area contributed by atoms with Gasteiger partial charge in [-0.25, -0.2) is 0 Å². The van der Waals surface area contributed by atoms with Crippen molar-refractivity contribution in [1.82, 2.24) is 15.1 Å². The number of carbonyl (C=O) groups is 1. The summed E-state index contributed by atoms with van der Waals surface area (Å²) >= 11 is 5.98. The molecule has 0 saturated heterocycles. The Labute approximate surface area is 163 Å². The van der Waals surface area contributed by atoms with Crippen molar-refractivity contribution in [2.45, 2.75) is 20.1 Å². The first-order chi connectivity index (χ1) is 13.1. The molecular weight excluding hydrogens is 362 g/mol. The molecule has 2 aromatic carbocycles. The van der Waals surface area contributed by atoms with Crippen LogP contribution >= 0.6 is 11.6 Å². The number of benzene rings is 2. The molecule has 0 fully saturated rings. The van der Waals surface area contributed by atoms with Gasteiger partial charge in [0.05, 0.1) is 0 Å². The van der Waals surface area contributed by atoms with E-state index in [0.29, 0.717) is 29.5 Å². The maximum Gasteiger partial charge on any atom is 0.251 e. The second-order valence-electron chi connectivity index (χ2n) is 6.49. The molecule has 3 aromatic rings. The van der Waals surface area contributed by atoms with E-state index in [9.17, 15) is 4.79 Å². The molecule has 0 saturated carbocycles. The number of ether oxygens (including phenoxy) is 1. The molecule has 0 aliphatic rings. The van der Waals surface area contributed by atoms with Crippen molar-refractivity contribution < 1.29 is 9.53 Å². The Morgan fingerprint density at radius 3 is 2.85 bits per heavy atom. The van der Waals surface area contributed by atoms with Crippen LogP contribution in [0.5, 0.6) is 5.75 Å². The standard InChI is InChI=1S/C21H22ClN3O2/c1-16(14-25-10-4-9-24-25)13-23-21(26)18-6-3-8-20(12-18)27-15-17-5-2-7-19(22)11-17/h2-12,16H,13-15H2,1H3,(H,23,26).